The van der Waals surface area contributed by atoms with Gasteiger partial charge in [0.25, 0.3) is 5.56 Å². The average molecular weight is 306 g/mol. The summed E-state index contributed by atoms with van der Waals surface area (Å²) in [5.74, 6) is 0.650. The number of hydrogen-bond acceptors (Lipinski definition) is 5. The van der Waals surface area contributed by atoms with Crippen LogP contribution in [0.15, 0.2) is 4.79 Å². The first-order chi connectivity index (χ1) is 10.3. The number of aryl methyl sites for hydroxylation is 2. The number of aromatic nitrogens is 2. The van der Waals surface area contributed by atoms with Gasteiger partial charge in [0.15, 0.2) is 0 Å². The van der Waals surface area contributed by atoms with Crippen LogP contribution in [0, 0.1) is 0 Å². The first-order valence-corrected chi connectivity index (χ1v) is 8.57. The van der Waals surface area contributed by atoms with E-state index in [0.29, 0.717) is 25.6 Å². The number of thiophene rings is 1. The topological polar surface area (TPSA) is 72.9 Å². The molecule has 5 nitrogen and oxygen atoms in total. The van der Waals surface area contributed by atoms with Crippen molar-refractivity contribution in [3.8, 4) is 0 Å². The van der Waals surface area contributed by atoms with Crippen molar-refractivity contribution in [2.24, 2.45) is 5.73 Å². The second kappa shape index (κ2) is 6.15. The average Bonchev–Trinajstić information content (AvgIpc) is 2.67. The third-order valence-electron chi connectivity index (χ3n) is 4.07. The standard InChI is InChI=1S/C15H22N4OS/c1-2-19-14(20)12-10-6-4-3-5-7-11(10)21-13(12)18-15(19)17-9-8-16/h2-9,16H2,1H3,(H,17,18). The molecule has 2 heterocycles. The van der Waals surface area contributed by atoms with Crippen LogP contribution in [-0.2, 0) is 19.4 Å². The van der Waals surface area contributed by atoms with Gasteiger partial charge in [0, 0.05) is 24.5 Å². The lowest BCUT2D eigenvalue weighted by Gasteiger charge is -2.11. The highest BCUT2D eigenvalue weighted by atomic mass is 32.1. The Hall–Kier alpha value is -1.40. The minimum atomic E-state index is 0.0985. The van der Waals surface area contributed by atoms with Crippen LogP contribution in [0.25, 0.3) is 10.2 Å². The van der Waals surface area contributed by atoms with E-state index >= 15 is 0 Å². The summed E-state index contributed by atoms with van der Waals surface area (Å²) in [7, 11) is 0. The molecule has 0 saturated carbocycles. The van der Waals surface area contributed by atoms with E-state index in [0.717, 1.165) is 23.1 Å². The highest BCUT2D eigenvalue weighted by molar-refractivity contribution is 7.18. The van der Waals surface area contributed by atoms with Gasteiger partial charge in [-0.25, -0.2) is 4.98 Å². The largest absolute Gasteiger partial charge is 0.354 e. The molecule has 2 aromatic rings. The van der Waals surface area contributed by atoms with Gasteiger partial charge in [-0.3, -0.25) is 9.36 Å². The molecule has 0 bridgehead atoms. The third-order valence-corrected chi connectivity index (χ3v) is 5.25. The Kier molecular flexibility index (Phi) is 4.26. The lowest BCUT2D eigenvalue weighted by atomic mass is 10.1. The van der Waals surface area contributed by atoms with Crippen molar-refractivity contribution in [1.82, 2.24) is 9.55 Å². The summed E-state index contributed by atoms with van der Waals surface area (Å²) in [4.78, 5) is 19.8. The van der Waals surface area contributed by atoms with Gasteiger partial charge < -0.3 is 11.1 Å². The molecule has 3 rings (SSSR count). The van der Waals surface area contributed by atoms with Crippen molar-refractivity contribution in [2.45, 2.75) is 45.6 Å². The van der Waals surface area contributed by atoms with Gasteiger partial charge in [0.05, 0.1) is 5.39 Å². The van der Waals surface area contributed by atoms with Gasteiger partial charge in [-0.05, 0) is 38.2 Å². The molecule has 0 saturated heterocycles. The summed E-state index contributed by atoms with van der Waals surface area (Å²) < 4.78 is 1.73. The van der Waals surface area contributed by atoms with E-state index in [9.17, 15) is 4.79 Å². The van der Waals surface area contributed by atoms with Crippen molar-refractivity contribution in [3.05, 3.63) is 20.8 Å². The maximum absolute atomic E-state index is 12.8. The molecule has 114 valence electrons. The molecule has 0 radical (unpaired) electrons. The fraction of sp³-hybridized carbons (Fsp3) is 0.600. The van der Waals surface area contributed by atoms with Gasteiger partial charge >= 0.3 is 0 Å². The summed E-state index contributed by atoms with van der Waals surface area (Å²) in [5.41, 5.74) is 6.90. The Morgan fingerprint density at radius 3 is 2.90 bits per heavy atom. The van der Waals surface area contributed by atoms with Gasteiger partial charge in [-0.1, -0.05) is 6.42 Å². The van der Waals surface area contributed by atoms with E-state index < -0.39 is 0 Å². The van der Waals surface area contributed by atoms with Crippen LogP contribution >= 0.6 is 11.3 Å². The summed E-state index contributed by atoms with van der Waals surface area (Å²) in [6.45, 7) is 3.76. The van der Waals surface area contributed by atoms with Crippen molar-refractivity contribution in [3.63, 3.8) is 0 Å². The third kappa shape index (κ3) is 2.58. The van der Waals surface area contributed by atoms with Crippen LogP contribution in [0.4, 0.5) is 5.95 Å². The summed E-state index contributed by atoms with van der Waals surface area (Å²) >= 11 is 1.70. The Labute approximate surface area is 128 Å². The maximum atomic E-state index is 12.8. The van der Waals surface area contributed by atoms with E-state index in [1.54, 1.807) is 15.9 Å². The lowest BCUT2D eigenvalue weighted by molar-refractivity contribution is 0.710. The van der Waals surface area contributed by atoms with Gasteiger partial charge in [0.1, 0.15) is 4.83 Å². The SMILES string of the molecule is CCn1c(NCCN)nc2sc3c(c2c1=O)CCCCC3. The van der Waals surface area contributed by atoms with E-state index in [-0.39, 0.29) is 5.56 Å². The fourth-order valence-electron chi connectivity index (χ4n) is 3.03. The van der Waals surface area contributed by atoms with Crippen LogP contribution < -0.4 is 16.6 Å². The zero-order chi connectivity index (χ0) is 14.8. The number of nitrogens with two attached hydrogens (primary N) is 1. The quantitative estimate of drug-likeness (QED) is 0.849. The number of hydrogen-bond donors (Lipinski definition) is 2. The van der Waals surface area contributed by atoms with Crippen molar-refractivity contribution in [2.75, 3.05) is 18.4 Å². The molecule has 1 aliphatic carbocycles. The summed E-state index contributed by atoms with van der Waals surface area (Å²) in [6.07, 6.45) is 5.77. The molecule has 0 atom stereocenters. The highest BCUT2D eigenvalue weighted by Gasteiger charge is 2.20. The van der Waals surface area contributed by atoms with E-state index in [4.69, 9.17) is 10.7 Å². The second-order valence-corrected chi connectivity index (χ2v) is 6.53. The van der Waals surface area contributed by atoms with E-state index in [1.165, 1.54) is 29.7 Å². The second-order valence-electron chi connectivity index (χ2n) is 5.44. The smallest absolute Gasteiger partial charge is 0.263 e. The molecule has 2 aromatic heterocycles. The van der Waals surface area contributed by atoms with Crippen LogP contribution in [0.2, 0.25) is 0 Å². The summed E-state index contributed by atoms with van der Waals surface area (Å²) in [6, 6.07) is 0. The summed E-state index contributed by atoms with van der Waals surface area (Å²) in [5, 5.41) is 4.03. The van der Waals surface area contributed by atoms with Crippen LogP contribution in [0.3, 0.4) is 0 Å². The molecule has 21 heavy (non-hydrogen) atoms. The first kappa shape index (κ1) is 14.5. The Balaban J connectivity index is 2.19. The van der Waals surface area contributed by atoms with E-state index in [1.807, 2.05) is 6.92 Å². The van der Waals surface area contributed by atoms with Crippen molar-refractivity contribution < 1.29 is 0 Å². The molecule has 0 spiro atoms. The fourth-order valence-corrected chi connectivity index (χ4v) is 4.28. The molecule has 0 unspecified atom stereocenters. The number of fused-ring (bicyclic) bond motifs is 3. The number of nitrogens with zero attached hydrogens (tertiary/aromatic N) is 2. The Bertz CT molecular complexity index is 704. The molecule has 0 aromatic carbocycles. The maximum Gasteiger partial charge on any atom is 0.263 e. The van der Waals surface area contributed by atoms with Crippen LogP contribution in [-0.4, -0.2) is 22.6 Å². The predicted octanol–water partition coefficient (Wildman–Crippen LogP) is 2.12. The molecule has 0 fully saturated rings. The zero-order valence-electron chi connectivity index (χ0n) is 12.4. The molecule has 6 heteroatoms. The predicted molar refractivity (Wildman–Crippen MR) is 88.4 cm³/mol. The van der Waals surface area contributed by atoms with Gasteiger partial charge in [-0.15, -0.1) is 11.3 Å². The molecule has 0 amide bonds. The van der Waals surface area contributed by atoms with Crippen LogP contribution in [0.5, 0.6) is 0 Å². The minimum absolute atomic E-state index is 0.0985. The zero-order valence-corrected chi connectivity index (χ0v) is 13.3. The molecule has 0 aliphatic heterocycles. The van der Waals surface area contributed by atoms with Gasteiger partial charge in [-0.2, -0.15) is 0 Å². The Morgan fingerprint density at radius 1 is 1.33 bits per heavy atom. The minimum Gasteiger partial charge on any atom is -0.354 e. The molecule has 1 aliphatic rings. The number of nitrogens with one attached hydrogen (secondary N) is 1. The lowest BCUT2D eigenvalue weighted by Crippen LogP contribution is -2.26. The first-order valence-electron chi connectivity index (χ1n) is 7.75. The molecular weight excluding hydrogens is 284 g/mol. The van der Waals surface area contributed by atoms with E-state index in [2.05, 4.69) is 5.32 Å². The number of anilines is 1. The van der Waals surface area contributed by atoms with Crippen LogP contribution in [0.1, 0.15) is 36.6 Å². The van der Waals surface area contributed by atoms with Gasteiger partial charge in [0.2, 0.25) is 5.95 Å². The monoisotopic (exact) mass is 306 g/mol. The highest BCUT2D eigenvalue weighted by Crippen LogP contribution is 2.33. The molecular formula is C15H22N4OS. The molecule has 3 N–H and O–H groups in total. The van der Waals surface area contributed by atoms with Crippen molar-refractivity contribution in [1.29, 1.82) is 0 Å². The van der Waals surface area contributed by atoms with Crippen molar-refractivity contribution >= 4 is 27.5 Å². The normalized spacial score (nSPS) is 15.0. The Morgan fingerprint density at radius 2 is 2.14 bits per heavy atom. The number of rotatable bonds is 4.